The van der Waals surface area contributed by atoms with Gasteiger partial charge in [-0.15, -0.1) is 0 Å². The first kappa shape index (κ1) is 15.9. The summed E-state index contributed by atoms with van der Waals surface area (Å²) in [6, 6.07) is 15.6. The molecule has 116 valence electrons. The maximum absolute atomic E-state index is 11.8. The molecule has 0 aliphatic rings. The second kappa shape index (κ2) is 7.50. The Morgan fingerprint density at radius 3 is 2.18 bits per heavy atom. The fraction of sp³-hybridized carbons (Fsp3) is 0.278. The summed E-state index contributed by atoms with van der Waals surface area (Å²) >= 11 is 0. The second-order valence-electron chi connectivity index (χ2n) is 4.86. The molecule has 0 aliphatic heterocycles. The molecular formula is C18H20O4. The van der Waals surface area contributed by atoms with Crippen molar-refractivity contribution in [3.63, 3.8) is 0 Å². The molecule has 0 aliphatic carbocycles. The molecule has 4 nitrogen and oxygen atoms in total. The number of carbonyl (C=O) groups excluding carboxylic acids is 1. The zero-order valence-corrected chi connectivity index (χ0v) is 13.0. The molecule has 0 fully saturated rings. The Kier molecular flexibility index (Phi) is 5.42. The monoisotopic (exact) mass is 300 g/mol. The van der Waals surface area contributed by atoms with Crippen molar-refractivity contribution in [3.05, 3.63) is 59.7 Å². The molecule has 2 aromatic carbocycles. The number of hydrogen-bond acceptors (Lipinski definition) is 4. The van der Waals surface area contributed by atoms with Gasteiger partial charge in [-0.1, -0.05) is 36.4 Å². The van der Waals surface area contributed by atoms with Crippen LogP contribution in [0.5, 0.6) is 11.5 Å². The highest BCUT2D eigenvalue weighted by Gasteiger charge is 2.20. The first-order valence-electron chi connectivity index (χ1n) is 7.03. The van der Waals surface area contributed by atoms with Crippen LogP contribution in [0.3, 0.4) is 0 Å². The molecule has 0 bridgehead atoms. The Hall–Kier alpha value is -2.49. The minimum Gasteiger partial charge on any atom is -0.493 e. The van der Waals surface area contributed by atoms with Gasteiger partial charge in [-0.2, -0.15) is 0 Å². The summed E-state index contributed by atoms with van der Waals surface area (Å²) in [5, 5.41) is 0. The Morgan fingerprint density at radius 1 is 0.909 bits per heavy atom. The number of ether oxygens (including phenoxy) is 3. The van der Waals surface area contributed by atoms with Crippen molar-refractivity contribution in [1.82, 2.24) is 0 Å². The van der Waals surface area contributed by atoms with Crippen molar-refractivity contribution in [1.29, 1.82) is 0 Å². The van der Waals surface area contributed by atoms with Gasteiger partial charge in [0, 0.05) is 5.92 Å². The van der Waals surface area contributed by atoms with Crippen LogP contribution in [0.2, 0.25) is 0 Å². The summed E-state index contributed by atoms with van der Waals surface area (Å²) < 4.78 is 15.4. The van der Waals surface area contributed by atoms with Gasteiger partial charge in [0.15, 0.2) is 11.5 Å². The van der Waals surface area contributed by atoms with Crippen LogP contribution in [0.4, 0.5) is 0 Å². The quantitative estimate of drug-likeness (QED) is 0.767. The Morgan fingerprint density at radius 2 is 1.59 bits per heavy atom. The summed E-state index contributed by atoms with van der Waals surface area (Å²) in [5.41, 5.74) is 2.04. The summed E-state index contributed by atoms with van der Waals surface area (Å²) in [7, 11) is 4.60. The van der Waals surface area contributed by atoms with Crippen molar-refractivity contribution in [3.8, 4) is 11.5 Å². The van der Waals surface area contributed by atoms with Crippen LogP contribution < -0.4 is 9.47 Å². The average Bonchev–Trinajstić information content (AvgIpc) is 2.59. The van der Waals surface area contributed by atoms with E-state index < -0.39 is 0 Å². The van der Waals surface area contributed by atoms with E-state index in [0.29, 0.717) is 11.5 Å². The van der Waals surface area contributed by atoms with Crippen molar-refractivity contribution >= 4 is 5.97 Å². The van der Waals surface area contributed by atoms with Crippen molar-refractivity contribution in [2.45, 2.75) is 12.3 Å². The molecule has 0 spiro atoms. The van der Waals surface area contributed by atoms with Crippen LogP contribution in [-0.4, -0.2) is 27.3 Å². The number of rotatable bonds is 6. The predicted octanol–water partition coefficient (Wildman–Crippen LogP) is 3.40. The maximum atomic E-state index is 11.8. The van der Waals surface area contributed by atoms with Crippen LogP contribution in [-0.2, 0) is 9.53 Å². The van der Waals surface area contributed by atoms with Gasteiger partial charge in [-0.3, -0.25) is 4.79 Å². The van der Waals surface area contributed by atoms with Crippen LogP contribution in [0.25, 0.3) is 0 Å². The lowest BCUT2D eigenvalue weighted by atomic mass is 9.88. The van der Waals surface area contributed by atoms with Crippen molar-refractivity contribution < 1.29 is 19.0 Å². The third kappa shape index (κ3) is 3.58. The summed E-state index contributed by atoms with van der Waals surface area (Å²) in [4.78, 5) is 11.8. The lowest BCUT2D eigenvalue weighted by Crippen LogP contribution is -2.10. The van der Waals surface area contributed by atoms with Gasteiger partial charge in [0.2, 0.25) is 0 Å². The molecule has 0 saturated carbocycles. The second-order valence-corrected chi connectivity index (χ2v) is 4.86. The molecule has 0 saturated heterocycles. The molecule has 0 N–H and O–H groups in total. The highest BCUT2D eigenvalue weighted by Crippen LogP contribution is 2.35. The molecule has 2 aromatic rings. The van der Waals surface area contributed by atoms with E-state index in [4.69, 9.17) is 14.2 Å². The Balaban J connectivity index is 2.42. The van der Waals surface area contributed by atoms with Gasteiger partial charge in [-0.05, 0) is 23.3 Å². The van der Waals surface area contributed by atoms with E-state index >= 15 is 0 Å². The Bertz CT molecular complexity index is 622. The third-order valence-electron chi connectivity index (χ3n) is 3.61. The average molecular weight is 300 g/mol. The minimum atomic E-state index is -0.247. The molecular weight excluding hydrogens is 280 g/mol. The van der Waals surface area contributed by atoms with Crippen molar-refractivity contribution in [2.24, 2.45) is 0 Å². The highest BCUT2D eigenvalue weighted by atomic mass is 16.5. The standard InChI is InChI=1S/C18H20O4/c1-20-16-10-9-14(11-17(16)21-2)15(12-18(19)22-3)13-7-5-4-6-8-13/h4-11,15H,12H2,1-3H3. The molecule has 4 heteroatoms. The van der Waals surface area contributed by atoms with E-state index in [0.717, 1.165) is 11.1 Å². The first-order valence-corrected chi connectivity index (χ1v) is 7.03. The van der Waals surface area contributed by atoms with Gasteiger partial charge in [-0.25, -0.2) is 0 Å². The molecule has 1 atom stereocenters. The van der Waals surface area contributed by atoms with Crippen LogP contribution >= 0.6 is 0 Å². The topological polar surface area (TPSA) is 44.8 Å². The number of carbonyl (C=O) groups is 1. The fourth-order valence-electron chi connectivity index (χ4n) is 2.43. The van der Waals surface area contributed by atoms with E-state index in [-0.39, 0.29) is 18.3 Å². The Labute approximate surface area is 130 Å². The van der Waals surface area contributed by atoms with Gasteiger partial charge >= 0.3 is 5.97 Å². The SMILES string of the molecule is COC(=O)CC(c1ccccc1)c1ccc(OC)c(OC)c1. The lowest BCUT2D eigenvalue weighted by Gasteiger charge is -2.18. The van der Waals surface area contributed by atoms with E-state index in [1.165, 1.54) is 7.11 Å². The number of methoxy groups -OCH3 is 3. The van der Waals surface area contributed by atoms with Gasteiger partial charge in [0.25, 0.3) is 0 Å². The zero-order valence-electron chi connectivity index (χ0n) is 13.0. The molecule has 2 rings (SSSR count). The summed E-state index contributed by atoms with van der Waals surface area (Å²) in [5.74, 6) is 0.971. The molecule has 1 unspecified atom stereocenters. The largest absolute Gasteiger partial charge is 0.493 e. The van der Waals surface area contributed by atoms with E-state index in [1.807, 2.05) is 48.5 Å². The van der Waals surface area contributed by atoms with Crippen LogP contribution in [0.1, 0.15) is 23.5 Å². The maximum Gasteiger partial charge on any atom is 0.306 e. The fourth-order valence-corrected chi connectivity index (χ4v) is 2.43. The molecule has 0 radical (unpaired) electrons. The molecule has 0 heterocycles. The first-order chi connectivity index (χ1) is 10.7. The third-order valence-corrected chi connectivity index (χ3v) is 3.61. The van der Waals surface area contributed by atoms with E-state index in [9.17, 15) is 4.79 Å². The van der Waals surface area contributed by atoms with Crippen LogP contribution in [0, 0.1) is 0 Å². The van der Waals surface area contributed by atoms with Gasteiger partial charge < -0.3 is 14.2 Å². The summed E-state index contributed by atoms with van der Waals surface area (Å²) in [6.07, 6.45) is 0.274. The van der Waals surface area contributed by atoms with Gasteiger partial charge in [0.1, 0.15) is 0 Å². The number of hydrogen-bond donors (Lipinski definition) is 0. The van der Waals surface area contributed by atoms with Crippen LogP contribution in [0.15, 0.2) is 48.5 Å². The zero-order chi connectivity index (χ0) is 15.9. The normalized spacial score (nSPS) is 11.6. The minimum absolute atomic E-state index is 0.0894. The lowest BCUT2D eigenvalue weighted by molar-refractivity contribution is -0.140. The predicted molar refractivity (Wildman–Crippen MR) is 84.5 cm³/mol. The van der Waals surface area contributed by atoms with Gasteiger partial charge in [0.05, 0.1) is 27.8 Å². The highest BCUT2D eigenvalue weighted by molar-refractivity contribution is 5.71. The number of esters is 1. The molecule has 0 aromatic heterocycles. The molecule has 0 amide bonds. The van der Waals surface area contributed by atoms with Crippen molar-refractivity contribution in [2.75, 3.05) is 21.3 Å². The van der Waals surface area contributed by atoms with E-state index in [2.05, 4.69) is 0 Å². The van der Waals surface area contributed by atoms with E-state index in [1.54, 1.807) is 14.2 Å². The number of benzene rings is 2. The smallest absolute Gasteiger partial charge is 0.306 e. The summed E-state index contributed by atoms with van der Waals surface area (Å²) in [6.45, 7) is 0. The molecule has 22 heavy (non-hydrogen) atoms.